The molecule has 3 aliphatic rings. The summed E-state index contributed by atoms with van der Waals surface area (Å²) in [5.41, 5.74) is 2.59. The van der Waals surface area contributed by atoms with Gasteiger partial charge in [-0.3, -0.25) is 14.5 Å². The molecule has 1 N–H and O–H groups in total. The molecular formula is C24H27N3O4. The topological polar surface area (TPSA) is 71.1 Å². The predicted molar refractivity (Wildman–Crippen MR) is 116 cm³/mol. The van der Waals surface area contributed by atoms with E-state index in [4.69, 9.17) is 9.47 Å². The normalized spacial score (nSPS) is 18.5. The second kappa shape index (κ2) is 8.59. The summed E-state index contributed by atoms with van der Waals surface area (Å²) in [5, 5.41) is 2.91. The molecule has 5 rings (SSSR count). The molecule has 2 fully saturated rings. The molecule has 162 valence electrons. The first-order valence-corrected chi connectivity index (χ1v) is 11.0. The maximum Gasteiger partial charge on any atom is 0.253 e. The summed E-state index contributed by atoms with van der Waals surface area (Å²) in [5.74, 6) is 1.91. The van der Waals surface area contributed by atoms with Crippen LogP contribution >= 0.6 is 0 Å². The molecule has 2 aromatic carbocycles. The SMILES string of the molecule is O=C(Nc1ccc(C(=O)N2CCN(Cc3ccc4c(c3)OCCO4)CC2)cc1)C1CC1. The minimum absolute atomic E-state index is 0.0408. The molecule has 0 atom stereocenters. The van der Waals surface area contributed by atoms with E-state index in [1.807, 2.05) is 23.1 Å². The molecule has 2 heterocycles. The summed E-state index contributed by atoms with van der Waals surface area (Å²) in [6, 6.07) is 13.3. The molecule has 1 saturated heterocycles. The van der Waals surface area contributed by atoms with Crippen molar-refractivity contribution >= 4 is 17.5 Å². The van der Waals surface area contributed by atoms with Gasteiger partial charge < -0.3 is 19.7 Å². The highest BCUT2D eigenvalue weighted by Crippen LogP contribution is 2.31. The van der Waals surface area contributed by atoms with E-state index in [-0.39, 0.29) is 17.7 Å². The summed E-state index contributed by atoms with van der Waals surface area (Å²) >= 11 is 0. The minimum Gasteiger partial charge on any atom is -0.486 e. The van der Waals surface area contributed by atoms with Crippen molar-refractivity contribution in [2.45, 2.75) is 19.4 Å². The molecule has 7 heteroatoms. The largest absolute Gasteiger partial charge is 0.486 e. The van der Waals surface area contributed by atoms with Gasteiger partial charge in [-0.15, -0.1) is 0 Å². The number of piperazine rings is 1. The fourth-order valence-corrected chi connectivity index (χ4v) is 4.02. The Morgan fingerprint density at radius 1 is 0.903 bits per heavy atom. The van der Waals surface area contributed by atoms with Gasteiger partial charge in [-0.05, 0) is 54.8 Å². The quantitative estimate of drug-likeness (QED) is 0.804. The Bertz CT molecular complexity index is 963. The van der Waals surface area contributed by atoms with Crippen LogP contribution < -0.4 is 14.8 Å². The number of anilines is 1. The highest BCUT2D eigenvalue weighted by molar-refractivity contribution is 5.96. The average molecular weight is 421 g/mol. The van der Waals surface area contributed by atoms with E-state index in [0.29, 0.717) is 31.9 Å². The average Bonchev–Trinajstić information content (AvgIpc) is 3.65. The van der Waals surface area contributed by atoms with Crippen molar-refractivity contribution in [2.24, 2.45) is 5.92 Å². The lowest BCUT2D eigenvalue weighted by molar-refractivity contribution is -0.117. The third kappa shape index (κ3) is 4.66. The lowest BCUT2D eigenvalue weighted by Crippen LogP contribution is -2.48. The Morgan fingerprint density at radius 3 is 2.32 bits per heavy atom. The van der Waals surface area contributed by atoms with Gasteiger partial charge in [-0.1, -0.05) is 6.07 Å². The van der Waals surface area contributed by atoms with Crippen LogP contribution in [0, 0.1) is 5.92 Å². The number of nitrogens with one attached hydrogen (secondary N) is 1. The van der Waals surface area contributed by atoms with E-state index in [1.54, 1.807) is 12.1 Å². The first-order valence-electron chi connectivity index (χ1n) is 11.0. The van der Waals surface area contributed by atoms with Gasteiger partial charge in [0.15, 0.2) is 11.5 Å². The highest BCUT2D eigenvalue weighted by atomic mass is 16.6. The van der Waals surface area contributed by atoms with Crippen LogP contribution in [-0.4, -0.2) is 61.0 Å². The molecule has 2 amide bonds. The predicted octanol–water partition coefficient (Wildman–Crippen LogP) is 2.76. The molecule has 1 saturated carbocycles. The van der Waals surface area contributed by atoms with Gasteiger partial charge in [-0.25, -0.2) is 0 Å². The Kier molecular flexibility index (Phi) is 5.51. The van der Waals surface area contributed by atoms with Crippen LogP contribution in [0.3, 0.4) is 0 Å². The molecule has 0 unspecified atom stereocenters. The number of hydrogen-bond acceptors (Lipinski definition) is 5. The van der Waals surface area contributed by atoms with Gasteiger partial charge >= 0.3 is 0 Å². The minimum atomic E-state index is 0.0408. The standard InChI is InChI=1S/C24H27N3O4/c28-23(18-2-3-18)25-20-6-4-19(5-7-20)24(29)27-11-9-26(10-12-27)16-17-1-8-21-22(15-17)31-14-13-30-21/h1,4-8,15,18H,2-3,9-14,16H2,(H,25,28). The van der Waals surface area contributed by atoms with Gasteiger partial charge in [0, 0.05) is 49.9 Å². The van der Waals surface area contributed by atoms with Crippen molar-refractivity contribution in [1.29, 1.82) is 0 Å². The van der Waals surface area contributed by atoms with Gasteiger partial charge in [0.25, 0.3) is 5.91 Å². The lowest BCUT2D eigenvalue weighted by atomic mass is 10.1. The summed E-state index contributed by atoms with van der Waals surface area (Å²) in [7, 11) is 0. The van der Waals surface area contributed by atoms with Gasteiger partial charge in [-0.2, -0.15) is 0 Å². The van der Waals surface area contributed by atoms with Crippen molar-refractivity contribution in [3.63, 3.8) is 0 Å². The van der Waals surface area contributed by atoms with E-state index in [9.17, 15) is 9.59 Å². The summed E-state index contributed by atoms with van der Waals surface area (Å²) in [6.45, 7) is 5.07. The maximum atomic E-state index is 12.9. The monoisotopic (exact) mass is 421 g/mol. The molecule has 0 bridgehead atoms. The molecule has 2 aromatic rings. The Morgan fingerprint density at radius 2 is 1.61 bits per heavy atom. The van der Waals surface area contributed by atoms with Crippen molar-refractivity contribution in [1.82, 2.24) is 9.80 Å². The van der Waals surface area contributed by atoms with Gasteiger partial charge in [0.05, 0.1) is 0 Å². The highest BCUT2D eigenvalue weighted by Gasteiger charge is 2.29. The Labute approximate surface area is 181 Å². The number of nitrogens with zero attached hydrogens (tertiary/aromatic N) is 2. The number of hydrogen-bond donors (Lipinski definition) is 1. The Balaban J connectivity index is 1.13. The molecule has 7 nitrogen and oxygen atoms in total. The zero-order valence-electron chi connectivity index (χ0n) is 17.5. The molecule has 2 aliphatic heterocycles. The van der Waals surface area contributed by atoms with Crippen molar-refractivity contribution in [3.8, 4) is 11.5 Å². The third-order valence-corrected chi connectivity index (χ3v) is 6.02. The number of fused-ring (bicyclic) bond motifs is 1. The van der Waals surface area contributed by atoms with Gasteiger partial charge in [0.1, 0.15) is 13.2 Å². The van der Waals surface area contributed by atoms with Crippen LogP contribution in [0.4, 0.5) is 5.69 Å². The number of ether oxygens (including phenoxy) is 2. The van der Waals surface area contributed by atoms with Crippen molar-refractivity contribution in [2.75, 3.05) is 44.7 Å². The second-order valence-corrected chi connectivity index (χ2v) is 8.39. The van der Waals surface area contributed by atoms with E-state index >= 15 is 0 Å². The number of amides is 2. The zero-order valence-corrected chi connectivity index (χ0v) is 17.5. The number of carbonyl (C=O) groups excluding carboxylic acids is 2. The van der Waals surface area contributed by atoms with Crippen LogP contribution in [0.1, 0.15) is 28.8 Å². The molecular weight excluding hydrogens is 394 g/mol. The van der Waals surface area contributed by atoms with Crippen LogP contribution in [0.2, 0.25) is 0 Å². The molecule has 0 aromatic heterocycles. The number of rotatable bonds is 5. The summed E-state index contributed by atoms with van der Waals surface area (Å²) < 4.78 is 11.3. The smallest absolute Gasteiger partial charge is 0.253 e. The number of benzene rings is 2. The summed E-state index contributed by atoms with van der Waals surface area (Å²) in [4.78, 5) is 29.0. The van der Waals surface area contributed by atoms with E-state index < -0.39 is 0 Å². The van der Waals surface area contributed by atoms with Crippen LogP contribution in [0.25, 0.3) is 0 Å². The lowest BCUT2D eigenvalue weighted by Gasteiger charge is -2.35. The van der Waals surface area contributed by atoms with E-state index in [1.165, 1.54) is 5.56 Å². The third-order valence-electron chi connectivity index (χ3n) is 6.02. The van der Waals surface area contributed by atoms with Crippen molar-refractivity contribution in [3.05, 3.63) is 53.6 Å². The molecule has 1 aliphatic carbocycles. The fraction of sp³-hybridized carbons (Fsp3) is 0.417. The Hall–Kier alpha value is -3.06. The maximum absolute atomic E-state index is 12.9. The van der Waals surface area contributed by atoms with Crippen LogP contribution in [0.5, 0.6) is 11.5 Å². The van der Waals surface area contributed by atoms with E-state index in [0.717, 1.165) is 49.7 Å². The first-order chi connectivity index (χ1) is 15.2. The first kappa shape index (κ1) is 19.9. The van der Waals surface area contributed by atoms with E-state index in [2.05, 4.69) is 22.3 Å². The number of carbonyl (C=O) groups is 2. The zero-order chi connectivity index (χ0) is 21.2. The van der Waals surface area contributed by atoms with Crippen LogP contribution in [0.15, 0.2) is 42.5 Å². The fourth-order valence-electron chi connectivity index (χ4n) is 4.02. The molecule has 0 spiro atoms. The van der Waals surface area contributed by atoms with Crippen LogP contribution in [-0.2, 0) is 11.3 Å². The summed E-state index contributed by atoms with van der Waals surface area (Å²) in [6.07, 6.45) is 1.95. The molecule has 0 radical (unpaired) electrons. The second-order valence-electron chi connectivity index (χ2n) is 8.39. The molecule has 31 heavy (non-hydrogen) atoms. The van der Waals surface area contributed by atoms with Crippen molar-refractivity contribution < 1.29 is 19.1 Å². The van der Waals surface area contributed by atoms with Gasteiger partial charge in [0.2, 0.25) is 5.91 Å².